The lowest BCUT2D eigenvalue weighted by Crippen LogP contribution is -2.38. The van der Waals surface area contributed by atoms with Gasteiger partial charge >= 0.3 is 0 Å². The SMILES string of the molecule is Cc1cccc(C)c1NC(=S)/C(=C(\O)c1ccccc1Br)[n+]1ccccc1. The van der Waals surface area contributed by atoms with Crippen molar-refractivity contribution < 1.29 is 9.67 Å². The molecule has 2 N–H and O–H groups in total. The first kappa shape index (κ1) is 19.3. The van der Waals surface area contributed by atoms with Gasteiger partial charge in [0.05, 0.1) is 0 Å². The van der Waals surface area contributed by atoms with E-state index in [0.29, 0.717) is 16.2 Å². The van der Waals surface area contributed by atoms with E-state index < -0.39 is 0 Å². The average Bonchev–Trinajstić information content (AvgIpc) is 2.66. The molecule has 1 heterocycles. The number of hydrogen-bond donors (Lipinski definition) is 2. The maximum absolute atomic E-state index is 11.1. The van der Waals surface area contributed by atoms with Crippen molar-refractivity contribution in [3.63, 3.8) is 0 Å². The molecule has 5 heteroatoms. The highest BCUT2D eigenvalue weighted by Crippen LogP contribution is 2.27. The summed E-state index contributed by atoms with van der Waals surface area (Å²) in [6, 6.07) is 19.3. The Hall–Kier alpha value is -2.50. The average molecular weight is 440 g/mol. The molecule has 2 aromatic carbocycles. The van der Waals surface area contributed by atoms with Crippen LogP contribution in [0.25, 0.3) is 11.5 Å². The van der Waals surface area contributed by atoms with Crippen LogP contribution in [0.15, 0.2) is 77.5 Å². The Morgan fingerprint density at radius 3 is 2.19 bits per heavy atom. The van der Waals surface area contributed by atoms with Crippen molar-refractivity contribution in [2.75, 3.05) is 5.32 Å². The summed E-state index contributed by atoms with van der Waals surface area (Å²) in [5.41, 5.74) is 4.33. The molecule has 0 aliphatic carbocycles. The number of nitrogens with zero attached hydrogens (tertiary/aromatic N) is 1. The summed E-state index contributed by atoms with van der Waals surface area (Å²) in [5.74, 6) is 0.0995. The summed E-state index contributed by atoms with van der Waals surface area (Å²) in [6.07, 6.45) is 3.72. The maximum atomic E-state index is 11.1. The second kappa shape index (κ2) is 8.46. The van der Waals surface area contributed by atoms with Crippen LogP contribution in [0.2, 0.25) is 0 Å². The van der Waals surface area contributed by atoms with Gasteiger partial charge in [0.25, 0.3) is 5.70 Å². The lowest BCUT2D eigenvalue weighted by molar-refractivity contribution is -0.575. The lowest BCUT2D eigenvalue weighted by atomic mass is 10.1. The second-order valence-electron chi connectivity index (χ2n) is 6.18. The molecule has 0 saturated carbocycles. The molecule has 0 radical (unpaired) electrons. The Kier molecular flexibility index (Phi) is 6.04. The molecule has 3 rings (SSSR count). The largest absolute Gasteiger partial charge is 0.502 e. The Balaban J connectivity index is 2.12. The summed E-state index contributed by atoms with van der Waals surface area (Å²) in [4.78, 5) is 0.442. The number of nitrogens with one attached hydrogen (secondary N) is 1. The van der Waals surface area contributed by atoms with Gasteiger partial charge in [-0.05, 0) is 37.1 Å². The fourth-order valence-corrected chi connectivity index (χ4v) is 3.64. The first-order chi connectivity index (χ1) is 13.0. The molecular formula is C22H20BrN2OS+. The Morgan fingerprint density at radius 2 is 1.56 bits per heavy atom. The molecule has 1 aromatic heterocycles. The maximum Gasteiger partial charge on any atom is 0.288 e. The molecular weight excluding hydrogens is 420 g/mol. The van der Waals surface area contributed by atoms with Crippen molar-refractivity contribution in [3.05, 3.63) is 94.2 Å². The van der Waals surface area contributed by atoms with Crippen LogP contribution in [0, 0.1) is 13.8 Å². The van der Waals surface area contributed by atoms with Gasteiger partial charge in [0, 0.05) is 27.9 Å². The van der Waals surface area contributed by atoms with Gasteiger partial charge in [-0.15, -0.1) is 0 Å². The Labute approximate surface area is 173 Å². The van der Waals surface area contributed by atoms with Crippen molar-refractivity contribution in [2.24, 2.45) is 0 Å². The van der Waals surface area contributed by atoms with Crippen molar-refractivity contribution >= 4 is 50.3 Å². The molecule has 3 aromatic rings. The van der Waals surface area contributed by atoms with Gasteiger partial charge in [0.15, 0.2) is 23.1 Å². The molecule has 27 heavy (non-hydrogen) atoms. The smallest absolute Gasteiger partial charge is 0.288 e. The number of pyridine rings is 1. The minimum Gasteiger partial charge on any atom is -0.502 e. The second-order valence-corrected chi connectivity index (χ2v) is 7.44. The topological polar surface area (TPSA) is 36.1 Å². The monoisotopic (exact) mass is 439 g/mol. The van der Waals surface area contributed by atoms with Crippen LogP contribution in [0.5, 0.6) is 0 Å². The zero-order valence-corrected chi connectivity index (χ0v) is 17.5. The molecule has 0 spiro atoms. The molecule has 0 atom stereocenters. The van der Waals surface area contributed by atoms with E-state index in [9.17, 15) is 5.11 Å². The third-order valence-corrected chi connectivity index (χ3v) is 5.25. The van der Waals surface area contributed by atoms with Gasteiger partial charge in [0.1, 0.15) is 0 Å². The van der Waals surface area contributed by atoms with Gasteiger partial charge in [-0.3, -0.25) is 0 Å². The molecule has 3 nitrogen and oxygen atoms in total. The molecule has 0 fully saturated rings. The van der Waals surface area contributed by atoms with Gasteiger partial charge in [-0.1, -0.05) is 64.5 Å². The van der Waals surface area contributed by atoms with Crippen molar-refractivity contribution in [1.82, 2.24) is 0 Å². The van der Waals surface area contributed by atoms with Crippen molar-refractivity contribution in [2.45, 2.75) is 13.8 Å². The van der Waals surface area contributed by atoms with Crippen LogP contribution in [0.4, 0.5) is 5.69 Å². The lowest BCUT2D eigenvalue weighted by Gasteiger charge is -2.14. The summed E-state index contributed by atoms with van der Waals surface area (Å²) < 4.78 is 2.61. The van der Waals surface area contributed by atoms with E-state index in [-0.39, 0.29) is 5.76 Å². The predicted octanol–water partition coefficient (Wildman–Crippen LogP) is 5.68. The number of aliphatic hydroxyl groups excluding tert-OH is 1. The zero-order valence-electron chi connectivity index (χ0n) is 15.1. The number of thiocarbonyl (C=S) groups is 1. The quantitative estimate of drug-likeness (QED) is 0.237. The highest BCUT2D eigenvalue weighted by molar-refractivity contribution is 9.10. The zero-order chi connectivity index (χ0) is 19.4. The van der Waals surface area contributed by atoms with Gasteiger partial charge < -0.3 is 10.4 Å². The Morgan fingerprint density at radius 1 is 0.926 bits per heavy atom. The fraction of sp³-hybridized carbons (Fsp3) is 0.0909. The number of benzene rings is 2. The highest BCUT2D eigenvalue weighted by atomic mass is 79.9. The summed E-state index contributed by atoms with van der Waals surface area (Å²) >= 11 is 9.22. The van der Waals surface area contributed by atoms with E-state index in [1.807, 2.05) is 91.5 Å². The van der Waals surface area contributed by atoms with E-state index in [2.05, 4.69) is 21.2 Å². The van der Waals surface area contributed by atoms with E-state index in [1.165, 1.54) is 0 Å². The number of hydrogen-bond acceptors (Lipinski definition) is 2. The minimum absolute atomic E-state index is 0.0995. The van der Waals surface area contributed by atoms with Crippen LogP contribution in [-0.2, 0) is 0 Å². The number of aryl methyl sites for hydroxylation is 2. The molecule has 136 valence electrons. The molecule has 0 saturated heterocycles. The third-order valence-electron chi connectivity index (χ3n) is 4.26. The number of aliphatic hydroxyl groups is 1. The van der Waals surface area contributed by atoms with E-state index in [4.69, 9.17) is 12.2 Å². The van der Waals surface area contributed by atoms with E-state index >= 15 is 0 Å². The van der Waals surface area contributed by atoms with E-state index in [1.54, 1.807) is 0 Å². The number of halogens is 1. The minimum atomic E-state index is 0.0995. The summed E-state index contributed by atoms with van der Waals surface area (Å²) in [7, 11) is 0. The molecule has 0 aliphatic rings. The first-order valence-electron chi connectivity index (χ1n) is 8.51. The van der Waals surface area contributed by atoms with Crippen LogP contribution in [0.3, 0.4) is 0 Å². The third kappa shape index (κ3) is 4.26. The van der Waals surface area contributed by atoms with E-state index in [0.717, 1.165) is 21.3 Å². The first-order valence-corrected chi connectivity index (χ1v) is 9.71. The van der Waals surface area contributed by atoms with Gasteiger partial charge in [-0.25, -0.2) is 0 Å². The number of para-hydroxylation sites is 1. The normalized spacial score (nSPS) is 11.7. The molecule has 0 bridgehead atoms. The number of anilines is 1. The van der Waals surface area contributed by atoms with Gasteiger partial charge in [0.2, 0.25) is 0 Å². The van der Waals surface area contributed by atoms with Crippen LogP contribution < -0.4 is 9.88 Å². The summed E-state index contributed by atoms with van der Waals surface area (Å²) in [6.45, 7) is 4.06. The van der Waals surface area contributed by atoms with Crippen LogP contribution in [-0.4, -0.2) is 10.1 Å². The van der Waals surface area contributed by atoms with Crippen LogP contribution in [0.1, 0.15) is 16.7 Å². The van der Waals surface area contributed by atoms with Crippen LogP contribution >= 0.6 is 28.1 Å². The predicted molar refractivity (Wildman–Crippen MR) is 119 cm³/mol. The van der Waals surface area contributed by atoms with Crippen molar-refractivity contribution in [3.8, 4) is 0 Å². The Bertz CT molecular complexity index is 996. The van der Waals surface area contributed by atoms with Crippen molar-refractivity contribution in [1.29, 1.82) is 0 Å². The number of rotatable bonds is 4. The standard InChI is InChI=1S/C22H19BrN2OS/c1-15-9-8-10-16(2)19(15)24-22(27)20(25-13-6-3-7-14-25)21(26)17-11-4-5-12-18(17)23/h3-14H,1-2H3,(H-,24,26,27)/p+1. The summed E-state index contributed by atoms with van der Waals surface area (Å²) in [5, 5.41) is 14.4. The molecule has 0 unspecified atom stereocenters. The fourth-order valence-electron chi connectivity index (χ4n) is 2.86. The highest BCUT2D eigenvalue weighted by Gasteiger charge is 2.25. The van der Waals surface area contributed by atoms with Gasteiger partial charge in [-0.2, -0.15) is 4.57 Å². The molecule has 0 aliphatic heterocycles. The molecule has 0 amide bonds. The number of aromatic nitrogens is 1.